The van der Waals surface area contributed by atoms with E-state index in [0.717, 1.165) is 122 Å². The summed E-state index contributed by atoms with van der Waals surface area (Å²) in [5.41, 5.74) is 24.9. The van der Waals surface area contributed by atoms with Crippen molar-refractivity contribution < 1.29 is 0 Å². The molecule has 0 atom stereocenters. The minimum absolute atomic E-state index is 0.580. The van der Waals surface area contributed by atoms with Crippen LogP contribution in [0.3, 0.4) is 0 Å². The van der Waals surface area contributed by atoms with Gasteiger partial charge in [0.15, 0.2) is 0 Å². The van der Waals surface area contributed by atoms with Crippen molar-refractivity contribution in [2.45, 2.75) is 0 Å². The minimum atomic E-state index is 0.580. The second kappa shape index (κ2) is 21.5. The fraction of sp³-hybridized carbons (Fsp3) is 0. The van der Waals surface area contributed by atoms with Gasteiger partial charge in [0, 0.05) is 71.3 Å². The lowest BCUT2D eigenvalue weighted by atomic mass is 9.92. The molecule has 0 saturated heterocycles. The molecule has 0 aliphatic rings. The van der Waals surface area contributed by atoms with Crippen LogP contribution in [0.25, 0.3) is 177 Å². The molecular formula is C88H56N6. The molecule has 0 saturated carbocycles. The van der Waals surface area contributed by atoms with Gasteiger partial charge in [-0.05, 0) is 142 Å². The van der Waals surface area contributed by atoms with Crippen LogP contribution in [0, 0.1) is 0 Å². The molecule has 0 spiro atoms. The summed E-state index contributed by atoms with van der Waals surface area (Å²) in [5, 5.41) is 9.54. The van der Waals surface area contributed by atoms with Crippen LogP contribution in [-0.4, -0.2) is 28.2 Å². The van der Waals surface area contributed by atoms with Crippen molar-refractivity contribution in [2.75, 3.05) is 0 Å². The Morgan fingerprint density at radius 2 is 0.500 bits per heavy atom. The van der Waals surface area contributed by atoms with E-state index >= 15 is 0 Å². The standard InChI is InChI=1S/C88H56N6/c1-5-22-57(23-6-1)59-40-45-68(77(51-59)58-24-7-2-8-25-58)79-56-78(89-88(90-79)94-83-39-20-16-35-72(83)76-49-44-63(55-87(76)94)61-42-47-74-70-33-14-18-37-81(70)92(85(74)53-61)66-29-11-4-12-30-66)64-26-21-31-67(50-64)93-82-38-19-15-34-71(82)75-48-43-62(54-86(75)93)60-41-46-73-69-32-13-17-36-80(69)91(84(73)52-60)65-27-9-3-10-28-65/h1-56H. The second-order valence-electron chi connectivity index (χ2n) is 24.5. The molecule has 0 fully saturated rings. The highest BCUT2D eigenvalue weighted by Crippen LogP contribution is 2.43. The Kier molecular flexibility index (Phi) is 12.2. The molecule has 0 aliphatic heterocycles. The van der Waals surface area contributed by atoms with Crippen LogP contribution >= 0.6 is 0 Å². The molecule has 0 amide bonds. The van der Waals surface area contributed by atoms with E-state index in [9.17, 15) is 0 Å². The highest BCUT2D eigenvalue weighted by Gasteiger charge is 2.23. The van der Waals surface area contributed by atoms with E-state index in [0.29, 0.717) is 5.95 Å². The van der Waals surface area contributed by atoms with Gasteiger partial charge >= 0.3 is 0 Å². The number of aromatic nitrogens is 6. The maximum atomic E-state index is 5.76. The van der Waals surface area contributed by atoms with Crippen molar-refractivity contribution in [3.63, 3.8) is 0 Å². The van der Waals surface area contributed by atoms with Crippen molar-refractivity contribution in [1.29, 1.82) is 0 Å². The number of nitrogens with zero attached hydrogens (tertiary/aromatic N) is 6. The van der Waals surface area contributed by atoms with E-state index in [2.05, 4.69) is 358 Å². The molecule has 5 aromatic heterocycles. The molecule has 94 heavy (non-hydrogen) atoms. The van der Waals surface area contributed by atoms with Gasteiger partial charge in [-0.1, -0.05) is 243 Å². The number of para-hydroxylation sites is 6. The molecule has 14 aromatic carbocycles. The summed E-state index contributed by atoms with van der Waals surface area (Å²) in [4.78, 5) is 11.5. The lowest BCUT2D eigenvalue weighted by Gasteiger charge is -2.16. The SMILES string of the molecule is c1ccc(-c2ccc(-c3cc(-c4cccc(-n5c6ccccc6c6ccc(-c7ccc8c9ccccc9n(-c9ccccc9)c8c7)cc65)c4)nc(-n4c5ccccc5c5ccc(-c6ccc7c8ccccc8n(-c8ccccc8)c7c6)cc54)n3)c(-c3ccccc3)c2)cc1. The summed E-state index contributed by atoms with van der Waals surface area (Å²) in [5.74, 6) is 0.580. The third-order valence-corrected chi connectivity index (χ3v) is 19.2. The molecule has 6 heteroatoms. The molecule has 0 bridgehead atoms. The van der Waals surface area contributed by atoms with Crippen molar-refractivity contribution >= 4 is 87.2 Å². The van der Waals surface area contributed by atoms with Gasteiger partial charge in [0.1, 0.15) is 0 Å². The number of benzene rings is 14. The molecule has 0 aliphatic carbocycles. The molecule has 0 unspecified atom stereocenters. The van der Waals surface area contributed by atoms with Crippen LogP contribution in [-0.2, 0) is 0 Å². The van der Waals surface area contributed by atoms with Crippen LogP contribution in [0.2, 0.25) is 0 Å². The van der Waals surface area contributed by atoms with Gasteiger partial charge in [-0.15, -0.1) is 0 Å². The Morgan fingerprint density at radius 1 is 0.170 bits per heavy atom. The van der Waals surface area contributed by atoms with E-state index < -0.39 is 0 Å². The first-order chi connectivity index (χ1) is 46.6. The molecular weight excluding hydrogens is 1140 g/mol. The average Bonchev–Trinajstić information content (AvgIpc) is 1.61. The number of hydrogen-bond acceptors (Lipinski definition) is 2. The monoisotopic (exact) mass is 1200 g/mol. The summed E-state index contributed by atoms with van der Waals surface area (Å²) < 4.78 is 9.51. The van der Waals surface area contributed by atoms with E-state index in [-0.39, 0.29) is 0 Å². The lowest BCUT2D eigenvalue weighted by molar-refractivity contribution is 0.995. The van der Waals surface area contributed by atoms with Crippen molar-refractivity contribution in [3.05, 3.63) is 340 Å². The Labute approximate surface area is 542 Å². The summed E-state index contributed by atoms with van der Waals surface area (Å²) in [6.07, 6.45) is 0. The Balaban J connectivity index is 0.812. The van der Waals surface area contributed by atoms with Gasteiger partial charge in [-0.3, -0.25) is 4.57 Å². The third-order valence-electron chi connectivity index (χ3n) is 19.2. The first-order valence-corrected chi connectivity index (χ1v) is 32.1. The molecule has 19 aromatic rings. The molecule has 438 valence electrons. The van der Waals surface area contributed by atoms with Gasteiger partial charge in [0.05, 0.1) is 55.5 Å². The number of rotatable bonds is 10. The first kappa shape index (κ1) is 53.2. The Hall–Kier alpha value is -12.6. The van der Waals surface area contributed by atoms with Crippen LogP contribution in [0.5, 0.6) is 0 Å². The minimum Gasteiger partial charge on any atom is -0.309 e. The van der Waals surface area contributed by atoms with Gasteiger partial charge in [0.25, 0.3) is 0 Å². The van der Waals surface area contributed by atoms with Crippen LogP contribution in [0.4, 0.5) is 0 Å². The summed E-state index contributed by atoms with van der Waals surface area (Å²) >= 11 is 0. The normalized spacial score (nSPS) is 11.8. The summed E-state index contributed by atoms with van der Waals surface area (Å²) in [6.45, 7) is 0. The molecule has 19 rings (SSSR count). The lowest BCUT2D eigenvalue weighted by Crippen LogP contribution is -2.05. The number of fused-ring (bicyclic) bond motifs is 12. The van der Waals surface area contributed by atoms with E-state index in [1.165, 1.54) is 48.9 Å². The zero-order valence-corrected chi connectivity index (χ0v) is 51.0. The first-order valence-electron chi connectivity index (χ1n) is 32.1. The van der Waals surface area contributed by atoms with Crippen molar-refractivity contribution in [3.8, 4) is 90.0 Å². The molecule has 5 heterocycles. The van der Waals surface area contributed by atoms with Crippen molar-refractivity contribution in [1.82, 2.24) is 28.2 Å². The van der Waals surface area contributed by atoms with Gasteiger partial charge in [-0.25, -0.2) is 9.97 Å². The highest BCUT2D eigenvalue weighted by atomic mass is 15.2. The van der Waals surface area contributed by atoms with Crippen LogP contribution in [0.1, 0.15) is 0 Å². The maximum absolute atomic E-state index is 5.76. The summed E-state index contributed by atoms with van der Waals surface area (Å²) in [7, 11) is 0. The zero-order valence-electron chi connectivity index (χ0n) is 51.0. The van der Waals surface area contributed by atoms with Crippen LogP contribution < -0.4 is 0 Å². The highest BCUT2D eigenvalue weighted by molar-refractivity contribution is 6.14. The topological polar surface area (TPSA) is 45.5 Å². The fourth-order valence-electron chi connectivity index (χ4n) is 14.9. The Bertz CT molecular complexity index is 6210. The summed E-state index contributed by atoms with van der Waals surface area (Å²) in [6, 6.07) is 123. The third kappa shape index (κ3) is 8.58. The fourth-order valence-corrected chi connectivity index (χ4v) is 14.9. The Morgan fingerprint density at radius 3 is 0.968 bits per heavy atom. The smallest absolute Gasteiger partial charge is 0.235 e. The van der Waals surface area contributed by atoms with Crippen LogP contribution in [0.15, 0.2) is 340 Å². The maximum Gasteiger partial charge on any atom is 0.235 e. The van der Waals surface area contributed by atoms with Crippen molar-refractivity contribution in [2.24, 2.45) is 0 Å². The largest absolute Gasteiger partial charge is 0.309 e. The predicted molar refractivity (Wildman–Crippen MR) is 392 cm³/mol. The second-order valence-corrected chi connectivity index (χ2v) is 24.5. The molecule has 6 nitrogen and oxygen atoms in total. The van der Waals surface area contributed by atoms with E-state index in [4.69, 9.17) is 9.97 Å². The number of hydrogen-bond donors (Lipinski definition) is 0. The van der Waals surface area contributed by atoms with Gasteiger partial charge < -0.3 is 13.7 Å². The van der Waals surface area contributed by atoms with Gasteiger partial charge in [-0.2, -0.15) is 0 Å². The predicted octanol–water partition coefficient (Wildman–Crippen LogP) is 22.9. The van der Waals surface area contributed by atoms with E-state index in [1.807, 2.05) is 0 Å². The van der Waals surface area contributed by atoms with Gasteiger partial charge in [0.2, 0.25) is 5.95 Å². The van der Waals surface area contributed by atoms with E-state index in [1.54, 1.807) is 0 Å². The zero-order chi connectivity index (χ0) is 61.8. The molecule has 0 N–H and O–H groups in total. The quantitative estimate of drug-likeness (QED) is 0.137. The average molecular weight is 1200 g/mol. The molecule has 0 radical (unpaired) electrons.